The number of carboxylic acids is 1. The molecule has 0 heterocycles. The fourth-order valence-corrected chi connectivity index (χ4v) is 2.73. The second kappa shape index (κ2) is 9.04. The summed E-state index contributed by atoms with van der Waals surface area (Å²) in [5, 5.41) is 8.75. The molecule has 0 radical (unpaired) electrons. The summed E-state index contributed by atoms with van der Waals surface area (Å²) in [6.07, 6.45) is 0.594. The third kappa shape index (κ3) is 5.33. The molecule has 0 bridgehead atoms. The van der Waals surface area contributed by atoms with Crippen LogP contribution in [0.3, 0.4) is 0 Å². The number of hydrogen-bond donors (Lipinski definition) is 1. The molecule has 0 atom stereocenters. The standard InChI is InChI=1S/C23H21FO4/c1-16-14-19(24)9-12-21(16)28-22-5-3-2-4-18(22)15-27-20-10-6-17(7-11-20)8-13-23(25)26/h2-7,9-12,14H,8,13,15H2,1H3,(H,25,26). The Labute approximate surface area is 163 Å². The number of ether oxygens (including phenoxy) is 2. The second-order valence-corrected chi connectivity index (χ2v) is 6.45. The molecule has 0 aromatic heterocycles. The lowest BCUT2D eigenvalue weighted by Gasteiger charge is -2.14. The molecule has 0 amide bonds. The summed E-state index contributed by atoms with van der Waals surface area (Å²) in [4.78, 5) is 10.6. The molecule has 28 heavy (non-hydrogen) atoms. The van der Waals surface area contributed by atoms with Gasteiger partial charge in [-0.15, -0.1) is 0 Å². The number of halogens is 1. The van der Waals surface area contributed by atoms with Crippen molar-refractivity contribution in [3.8, 4) is 17.2 Å². The smallest absolute Gasteiger partial charge is 0.303 e. The highest BCUT2D eigenvalue weighted by atomic mass is 19.1. The lowest BCUT2D eigenvalue weighted by molar-refractivity contribution is -0.136. The van der Waals surface area contributed by atoms with E-state index in [9.17, 15) is 9.18 Å². The Bertz CT molecular complexity index is 951. The van der Waals surface area contributed by atoms with Gasteiger partial charge < -0.3 is 14.6 Å². The molecule has 144 valence electrons. The van der Waals surface area contributed by atoms with Gasteiger partial charge in [0.05, 0.1) is 0 Å². The summed E-state index contributed by atoms with van der Waals surface area (Å²) >= 11 is 0. The van der Waals surface area contributed by atoms with Gasteiger partial charge in [0.25, 0.3) is 0 Å². The van der Waals surface area contributed by atoms with E-state index in [0.29, 0.717) is 35.8 Å². The van der Waals surface area contributed by atoms with E-state index in [1.54, 1.807) is 13.0 Å². The van der Waals surface area contributed by atoms with Crippen LogP contribution in [0, 0.1) is 12.7 Å². The molecule has 0 aliphatic heterocycles. The van der Waals surface area contributed by atoms with E-state index in [0.717, 1.165) is 11.1 Å². The quantitative estimate of drug-likeness (QED) is 0.559. The highest BCUT2D eigenvalue weighted by Gasteiger charge is 2.08. The Kier molecular flexibility index (Phi) is 6.27. The lowest BCUT2D eigenvalue weighted by Crippen LogP contribution is -2.00. The zero-order chi connectivity index (χ0) is 19.9. The first-order valence-corrected chi connectivity index (χ1v) is 8.97. The average Bonchev–Trinajstić information content (AvgIpc) is 2.68. The predicted molar refractivity (Wildman–Crippen MR) is 104 cm³/mol. The Morgan fingerprint density at radius 3 is 2.46 bits per heavy atom. The Morgan fingerprint density at radius 1 is 1.00 bits per heavy atom. The zero-order valence-electron chi connectivity index (χ0n) is 15.5. The first-order valence-electron chi connectivity index (χ1n) is 8.97. The van der Waals surface area contributed by atoms with Crippen molar-refractivity contribution in [1.82, 2.24) is 0 Å². The molecular weight excluding hydrogens is 359 g/mol. The van der Waals surface area contributed by atoms with Crippen molar-refractivity contribution in [2.45, 2.75) is 26.4 Å². The number of aliphatic carboxylic acids is 1. The number of benzene rings is 3. The van der Waals surface area contributed by atoms with Gasteiger partial charge in [-0.2, -0.15) is 0 Å². The SMILES string of the molecule is Cc1cc(F)ccc1Oc1ccccc1COc1ccc(CCC(=O)O)cc1. The van der Waals surface area contributed by atoms with Crippen LogP contribution < -0.4 is 9.47 Å². The van der Waals surface area contributed by atoms with Crippen LogP contribution in [0.2, 0.25) is 0 Å². The van der Waals surface area contributed by atoms with Crippen molar-refractivity contribution in [3.63, 3.8) is 0 Å². The van der Waals surface area contributed by atoms with Crippen molar-refractivity contribution in [1.29, 1.82) is 0 Å². The molecule has 0 unspecified atom stereocenters. The normalized spacial score (nSPS) is 10.5. The van der Waals surface area contributed by atoms with E-state index in [4.69, 9.17) is 14.6 Å². The van der Waals surface area contributed by atoms with Gasteiger partial charge in [0, 0.05) is 12.0 Å². The first kappa shape index (κ1) is 19.4. The van der Waals surface area contributed by atoms with Gasteiger partial charge in [-0.3, -0.25) is 4.79 Å². The van der Waals surface area contributed by atoms with Crippen LogP contribution in [0.1, 0.15) is 23.1 Å². The largest absolute Gasteiger partial charge is 0.489 e. The molecule has 0 aliphatic carbocycles. The molecule has 3 rings (SSSR count). The summed E-state index contributed by atoms with van der Waals surface area (Å²) in [6, 6.07) is 19.3. The second-order valence-electron chi connectivity index (χ2n) is 6.45. The molecule has 0 spiro atoms. The monoisotopic (exact) mass is 380 g/mol. The van der Waals surface area contributed by atoms with Crippen molar-refractivity contribution >= 4 is 5.97 Å². The van der Waals surface area contributed by atoms with Crippen LogP contribution in [-0.2, 0) is 17.8 Å². The number of rotatable bonds is 8. The van der Waals surface area contributed by atoms with Crippen molar-refractivity contribution < 1.29 is 23.8 Å². The van der Waals surface area contributed by atoms with E-state index < -0.39 is 5.97 Å². The number of aryl methyl sites for hydroxylation is 2. The van der Waals surface area contributed by atoms with E-state index in [1.165, 1.54) is 12.1 Å². The van der Waals surface area contributed by atoms with Gasteiger partial charge in [-0.25, -0.2) is 4.39 Å². The number of para-hydroxylation sites is 1. The van der Waals surface area contributed by atoms with Crippen LogP contribution in [-0.4, -0.2) is 11.1 Å². The van der Waals surface area contributed by atoms with Crippen LogP contribution in [0.15, 0.2) is 66.7 Å². The average molecular weight is 380 g/mol. The summed E-state index contributed by atoms with van der Waals surface area (Å²) in [6.45, 7) is 2.11. The van der Waals surface area contributed by atoms with Crippen LogP contribution >= 0.6 is 0 Å². The highest BCUT2D eigenvalue weighted by molar-refractivity contribution is 5.67. The maximum atomic E-state index is 13.3. The van der Waals surface area contributed by atoms with Crippen molar-refractivity contribution in [2.24, 2.45) is 0 Å². The Morgan fingerprint density at radius 2 is 1.75 bits per heavy atom. The summed E-state index contributed by atoms with van der Waals surface area (Å²) < 4.78 is 25.1. The molecule has 3 aromatic carbocycles. The van der Waals surface area contributed by atoms with E-state index >= 15 is 0 Å². The molecule has 5 heteroatoms. The maximum absolute atomic E-state index is 13.3. The minimum absolute atomic E-state index is 0.105. The number of carbonyl (C=O) groups is 1. The number of carboxylic acid groups (broad SMARTS) is 1. The van der Waals surface area contributed by atoms with Gasteiger partial charge in [0.15, 0.2) is 0 Å². The van der Waals surface area contributed by atoms with Gasteiger partial charge in [0.2, 0.25) is 0 Å². The summed E-state index contributed by atoms with van der Waals surface area (Å²) in [5.74, 6) is 0.820. The van der Waals surface area contributed by atoms with E-state index in [-0.39, 0.29) is 12.2 Å². The number of hydrogen-bond acceptors (Lipinski definition) is 3. The minimum Gasteiger partial charge on any atom is -0.489 e. The maximum Gasteiger partial charge on any atom is 0.303 e. The molecule has 0 saturated carbocycles. The van der Waals surface area contributed by atoms with Gasteiger partial charge in [-0.05, 0) is 60.9 Å². The molecule has 0 fully saturated rings. The fourth-order valence-electron chi connectivity index (χ4n) is 2.73. The molecule has 3 aromatic rings. The van der Waals surface area contributed by atoms with Crippen molar-refractivity contribution in [2.75, 3.05) is 0 Å². The van der Waals surface area contributed by atoms with Crippen LogP contribution in [0.25, 0.3) is 0 Å². The van der Waals surface area contributed by atoms with E-state index in [2.05, 4.69) is 0 Å². The Balaban J connectivity index is 1.66. The molecular formula is C23H21FO4. The van der Waals surface area contributed by atoms with Crippen LogP contribution in [0.4, 0.5) is 4.39 Å². The van der Waals surface area contributed by atoms with Gasteiger partial charge in [-0.1, -0.05) is 30.3 Å². The van der Waals surface area contributed by atoms with Crippen molar-refractivity contribution in [3.05, 3.63) is 89.2 Å². The predicted octanol–water partition coefficient (Wildman–Crippen LogP) is 5.52. The topological polar surface area (TPSA) is 55.8 Å². The molecule has 4 nitrogen and oxygen atoms in total. The first-order chi connectivity index (χ1) is 13.5. The fraction of sp³-hybridized carbons (Fsp3) is 0.174. The third-order valence-corrected chi connectivity index (χ3v) is 4.27. The highest BCUT2D eigenvalue weighted by Crippen LogP contribution is 2.29. The summed E-state index contributed by atoms with van der Waals surface area (Å²) in [5.41, 5.74) is 2.53. The molecule has 0 aliphatic rings. The molecule has 1 N–H and O–H groups in total. The van der Waals surface area contributed by atoms with Gasteiger partial charge >= 0.3 is 5.97 Å². The minimum atomic E-state index is -0.812. The summed E-state index contributed by atoms with van der Waals surface area (Å²) in [7, 11) is 0. The third-order valence-electron chi connectivity index (χ3n) is 4.27. The Hall–Kier alpha value is -3.34. The van der Waals surface area contributed by atoms with Gasteiger partial charge in [0.1, 0.15) is 29.7 Å². The van der Waals surface area contributed by atoms with Crippen LogP contribution in [0.5, 0.6) is 17.2 Å². The lowest BCUT2D eigenvalue weighted by atomic mass is 10.1. The molecule has 0 saturated heterocycles. The zero-order valence-corrected chi connectivity index (χ0v) is 15.5. The van der Waals surface area contributed by atoms with E-state index in [1.807, 2.05) is 48.5 Å².